The Kier molecular flexibility index (Phi) is 5.01. The molecule has 0 atom stereocenters. The van der Waals surface area contributed by atoms with E-state index in [0.717, 1.165) is 51.5 Å². The van der Waals surface area contributed by atoms with E-state index in [-0.39, 0.29) is 0 Å². The fourth-order valence-corrected chi connectivity index (χ4v) is 2.93. The van der Waals surface area contributed by atoms with Crippen LogP contribution in [-0.4, -0.2) is 55.0 Å². The molecule has 104 valence electrons. The Morgan fingerprint density at radius 2 is 1.72 bits per heavy atom. The van der Waals surface area contributed by atoms with Crippen LogP contribution in [-0.2, 0) is 4.79 Å². The minimum Gasteiger partial charge on any atom is -0.342 e. The van der Waals surface area contributed by atoms with E-state index in [0.29, 0.717) is 18.4 Å². The van der Waals surface area contributed by atoms with Gasteiger partial charge in [0.05, 0.1) is 6.54 Å². The summed E-state index contributed by atoms with van der Waals surface area (Å²) in [6.07, 6.45) is 4.64. The van der Waals surface area contributed by atoms with Crippen LogP contribution >= 0.6 is 0 Å². The van der Waals surface area contributed by atoms with E-state index in [9.17, 15) is 4.79 Å². The standard InChI is InChI=1S/C14H27N3O/c1-12-2-8-17(9-3-12)14(18)11-16-6-4-13(10-15)5-7-16/h12-13H,2-11,15H2,1H3. The van der Waals surface area contributed by atoms with E-state index in [4.69, 9.17) is 5.73 Å². The van der Waals surface area contributed by atoms with Crippen molar-refractivity contribution in [2.75, 3.05) is 39.3 Å². The van der Waals surface area contributed by atoms with Crippen molar-refractivity contribution >= 4 is 5.91 Å². The summed E-state index contributed by atoms with van der Waals surface area (Å²) >= 11 is 0. The van der Waals surface area contributed by atoms with Crippen molar-refractivity contribution in [1.29, 1.82) is 0 Å². The lowest BCUT2D eigenvalue weighted by atomic mass is 9.97. The van der Waals surface area contributed by atoms with Gasteiger partial charge in [0, 0.05) is 13.1 Å². The van der Waals surface area contributed by atoms with E-state index >= 15 is 0 Å². The second-order valence-electron chi connectivity index (χ2n) is 6.02. The number of amides is 1. The topological polar surface area (TPSA) is 49.6 Å². The van der Waals surface area contributed by atoms with Crippen molar-refractivity contribution in [1.82, 2.24) is 9.80 Å². The molecule has 2 aliphatic rings. The van der Waals surface area contributed by atoms with Crippen LogP contribution in [0.1, 0.15) is 32.6 Å². The van der Waals surface area contributed by atoms with Gasteiger partial charge in [0.2, 0.25) is 5.91 Å². The van der Waals surface area contributed by atoms with E-state index in [2.05, 4.69) is 16.7 Å². The van der Waals surface area contributed by atoms with Crippen LogP contribution in [0, 0.1) is 11.8 Å². The first kappa shape index (κ1) is 13.8. The predicted octanol–water partition coefficient (Wildman–Crippen LogP) is 0.916. The third-order valence-electron chi connectivity index (χ3n) is 4.54. The first-order valence-electron chi connectivity index (χ1n) is 7.39. The number of nitrogens with two attached hydrogens (primary N) is 1. The molecule has 18 heavy (non-hydrogen) atoms. The average molecular weight is 253 g/mol. The number of carbonyl (C=O) groups excluding carboxylic acids is 1. The zero-order chi connectivity index (χ0) is 13.0. The van der Waals surface area contributed by atoms with Crippen LogP contribution in [0.25, 0.3) is 0 Å². The number of piperidine rings is 2. The molecular weight excluding hydrogens is 226 g/mol. The molecule has 0 spiro atoms. The molecule has 2 N–H and O–H groups in total. The zero-order valence-electron chi connectivity index (χ0n) is 11.6. The van der Waals surface area contributed by atoms with E-state index in [1.165, 1.54) is 12.8 Å². The van der Waals surface area contributed by atoms with Crippen LogP contribution < -0.4 is 5.73 Å². The third-order valence-corrected chi connectivity index (χ3v) is 4.54. The number of rotatable bonds is 3. The largest absolute Gasteiger partial charge is 0.342 e. The van der Waals surface area contributed by atoms with Crippen molar-refractivity contribution < 1.29 is 4.79 Å². The van der Waals surface area contributed by atoms with Gasteiger partial charge in [-0.1, -0.05) is 6.92 Å². The molecule has 2 aliphatic heterocycles. The summed E-state index contributed by atoms with van der Waals surface area (Å²) in [7, 11) is 0. The highest BCUT2D eigenvalue weighted by molar-refractivity contribution is 5.78. The van der Waals surface area contributed by atoms with Gasteiger partial charge in [-0.05, 0) is 57.2 Å². The van der Waals surface area contributed by atoms with Crippen molar-refractivity contribution in [2.45, 2.75) is 32.6 Å². The van der Waals surface area contributed by atoms with Gasteiger partial charge in [-0.3, -0.25) is 9.69 Å². The van der Waals surface area contributed by atoms with Crippen LogP contribution in [0.5, 0.6) is 0 Å². The molecule has 0 radical (unpaired) electrons. The first-order valence-corrected chi connectivity index (χ1v) is 7.39. The molecule has 2 saturated heterocycles. The summed E-state index contributed by atoms with van der Waals surface area (Å²) in [5, 5.41) is 0. The summed E-state index contributed by atoms with van der Waals surface area (Å²) in [6.45, 7) is 7.69. The molecule has 0 saturated carbocycles. The van der Waals surface area contributed by atoms with Crippen LogP contribution in [0.15, 0.2) is 0 Å². The second-order valence-corrected chi connectivity index (χ2v) is 6.02. The molecule has 1 amide bonds. The molecule has 2 rings (SSSR count). The van der Waals surface area contributed by atoms with Crippen LogP contribution in [0.2, 0.25) is 0 Å². The van der Waals surface area contributed by atoms with Gasteiger partial charge in [0.25, 0.3) is 0 Å². The molecule has 0 aromatic rings. The molecule has 0 aromatic carbocycles. The highest BCUT2D eigenvalue weighted by atomic mass is 16.2. The Bertz CT molecular complexity index is 266. The van der Waals surface area contributed by atoms with Gasteiger partial charge in [-0.2, -0.15) is 0 Å². The number of hydrogen-bond acceptors (Lipinski definition) is 3. The van der Waals surface area contributed by atoms with Crippen molar-refractivity contribution in [3.8, 4) is 0 Å². The maximum atomic E-state index is 12.2. The predicted molar refractivity (Wildman–Crippen MR) is 73.2 cm³/mol. The molecular formula is C14H27N3O. The molecule has 0 unspecified atom stereocenters. The maximum Gasteiger partial charge on any atom is 0.236 e. The molecule has 2 fully saturated rings. The summed E-state index contributed by atoms with van der Waals surface area (Å²) in [5.41, 5.74) is 5.69. The molecule has 2 heterocycles. The lowest BCUT2D eigenvalue weighted by Crippen LogP contribution is -2.46. The monoisotopic (exact) mass is 253 g/mol. The second kappa shape index (κ2) is 6.53. The van der Waals surface area contributed by atoms with Gasteiger partial charge in [0.1, 0.15) is 0 Å². The summed E-state index contributed by atoms with van der Waals surface area (Å²) in [4.78, 5) is 16.5. The van der Waals surface area contributed by atoms with Gasteiger partial charge >= 0.3 is 0 Å². The van der Waals surface area contributed by atoms with Gasteiger partial charge in [-0.15, -0.1) is 0 Å². The molecule has 0 bridgehead atoms. The SMILES string of the molecule is CC1CCN(C(=O)CN2CCC(CN)CC2)CC1. The van der Waals surface area contributed by atoms with Crippen molar-refractivity contribution in [2.24, 2.45) is 17.6 Å². The molecule has 4 heteroatoms. The average Bonchev–Trinajstić information content (AvgIpc) is 2.40. The Balaban J connectivity index is 1.71. The summed E-state index contributed by atoms with van der Waals surface area (Å²) in [6, 6.07) is 0. The Hall–Kier alpha value is -0.610. The summed E-state index contributed by atoms with van der Waals surface area (Å²) < 4.78 is 0. The van der Waals surface area contributed by atoms with Gasteiger partial charge in [-0.25, -0.2) is 0 Å². The van der Waals surface area contributed by atoms with Gasteiger partial charge < -0.3 is 10.6 Å². The number of hydrogen-bond donors (Lipinski definition) is 1. The zero-order valence-corrected chi connectivity index (χ0v) is 11.6. The molecule has 0 aromatic heterocycles. The van der Waals surface area contributed by atoms with E-state index in [1.54, 1.807) is 0 Å². The number of carbonyl (C=O) groups is 1. The van der Waals surface area contributed by atoms with Crippen LogP contribution in [0.4, 0.5) is 0 Å². The smallest absolute Gasteiger partial charge is 0.236 e. The van der Waals surface area contributed by atoms with Crippen molar-refractivity contribution in [3.05, 3.63) is 0 Å². The van der Waals surface area contributed by atoms with Crippen molar-refractivity contribution in [3.63, 3.8) is 0 Å². The molecule has 0 aliphatic carbocycles. The quantitative estimate of drug-likeness (QED) is 0.813. The maximum absolute atomic E-state index is 12.2. The molecule has 4 nitrogen and oxygen atoms in total. The Morgan fingerprint density at radius 3 is 2.28 bits per heavy atom. The minimum absolute atomic E-state index is 0.327. The number of likely N-dealkylation sites (tertiary alicyclic amines) is 2. The first-order chi connectivity index (χ1) is 8.69. The lowest BCUT2D eigenvalue weighted by Gasteiger charge is -2.35. The van der Waals surface area contributed by atoms with E-state index in [1.807, 2.05) is 0 Å². The number of nitrogens with zero attached hydrogens (tertiary/aromatic N) is 2. The fourth-order valence-electron chi connectivity index (χ4n) is 2.93. The highest BCUT2D eigenvalue weighted by Gasteiger charge is 2.24. The Morgan fingerprint density at radius 1 is 1.11 bits per heavy atom. The fraction of sp³-hybridized carbons (Fsp3) is 0.929. The van der Waals surface area contributed by atoms with Crippen LogP contribution in [0.3, 0.4) is 0 Å². The normalized spacial score (nSPS) is 24.4. The minimum atomic E-state index is 0.327. The highest BCUT2D eigenvalue weighted by Crippen LogP contribution is 2.18. The Labute approximate surface area is 110 Å². The van der Waals surface area contributed by atoms with Gasteiger partial charge in [0.15, 0.2) is 0 Å². The van der Waals surface area contributed by atoms with E-state index < -0.39 is 0 Å². The summed E-state index contributed by atoms with van der Waals surface area (Å²) in [5.74, 6) is 1.79. The third kappa shape index (κ3) is 3.69. The lowest BCUT2D eigenvalue weighted by molar-refractivity contribution is -0.134.